The second kappa shape index (κ2) is 4.31. The molecule has 1 amide bonds. The zero-order valence-corrected chi connectivity index (χ0v) is 8.32. The molecular formula is C9H14N4O2. The van der Waals surface area contributed by atoms with Gasteiger partial charge in [0.2, 0.25) is 0 Å². The first-order valence-electron chi connectivity index (χ1n) is 4.92. The molecule has 1 aliphatic rings. The number of hydrogen-bond donors (Lipinski definition) is 3. The number of H-pyrrole nitrogens is 1. The van der Waals surface area contributed by atoms with Crippen molar-refractivity contribution in [1.29, 1.82) is 0 Å². The summed E-state index contributed by atoms with van der Waals surface area (Å²) in [6, 6.07) is 1.51. The Morgan fingerprint density at radius 2 is 2.67 bits per heavy atom. The van der Waals surface area contributed by atoms with Crippen LogP contribution in [0.5, 0.6) is 0 Å². The third-order valence-corrected chi connectivity index (χ3v) is 2.42. The smallest absolute Gasteiger partial charge is 0.269 e. The Morgan fingerprint density at radius 1 is 1.80 bits per heavy atom. The highest BCUT2D eigenvalue weighted by Gasteiger charge is 2.17. The monoisotopic (exact) mass is 210 g/mol. The van der Waals surface area contributed by atoms with E-state index in [-0.39, 0.29) is 5.91 Å². The van der Waals surface area contributed by atoms with Crippen molar-refractivity contribution in [3.63, 3.8) is 0 Å². The van der Waals surface area contributed by atoms with Crippen LogP contribution in [0.25, 0.3) is 0 Å². The van der Waals surface area contributed by atoms with Gasteiger partial charge in [-0.25, -0.2) is 0 Å². The summed E-state index contributed by atoms with van der Waals surface area (Å²) in [5, 5.41) is 9.06. The lowest BCUT2D eigenvalue weighted by Gasteiger charge is -2.07. The Morgan fingerprint density at radius 3 is 3.27 bits per heavy atom. The van der Waals surface area contributed by atoms with Gasteiger partial charge in [-0.15, -0.1) is 0 Å². The number of rotatable bonds is 3. The van der Waals surface area contributed by atoms with Crippen LogP contribution >= 0.6 is 0 Å². The SMILES string of the molecule is Nc1cc(C(=O)NC[C@@H]2CCOC2)[nH]n1. The van der Waals surface area contributed by atoms with Crippen molar-refractivity contribution in [2.24, 2.45) is 5.92 Å². The van der Waals surface area contributed by atoms with Crippen molar-refractivity contribution in [2.45, 2.75) is 6.42 Å². The van der Waals surface area contributed by atoms with Gasteiger partial charge in [0.1, 0.15) is 11.5 Å². The fraction of sp³-hybridized carbons (Fsp3) is 0.556. The number of nitrogens with one attached hydrogen (secondary N) is 2. The number of ether oxygens (including phenoxy) is 1. The minimum Gasteiger partial charge on any atom is -0.382 e. The fourth-order valence-electron chi connectivity index (χ4n) is 1.53. The molecule has 0 saturated carbocycles. The van der Waals surface area contributed by atoms with Crippen LogP contribution in [0, 0.1) is 5.92 Å². The highest BCUT2D eigenvalue weighted by Crippen LogP contribution is 2.10. The van der Waals surface area contributed by atoms with Gasteiger partial charge < -0.3 is 15.8 Å². The molecule has 2 rings (SSSR count). The maximum absolute atomic E-state index is 11.5. The van der Waals surface area contributed by atoms with Crippen LogP contribution in [0.3, 0.4) is 0 Å². The number of nitrogens with zero attached hydrogens (tertiary/aromatic N) is 1. The molecule has 1 fully saturated rings. The molecule has 4 N–H and O–H groups in total. The molecule has 0 spiro atoms. The number of hydrogen-bond acceptors (Lipinski definition) is 4. The van der Waals surface area contributed by atoms with Crippen LogP contribution in [-0.4, -0.2) is 35.9 Å². The first kappa shape index (κ1) is 9.97. The summed E-state index contributed by atoms with van der Waals surface area (Å²) in [4.78, 5) is 11.5. The quantitative estimate of drug-likeness (QED) is 0.641. The van der Waals surface area contributed by atoms with Crippen LogP contribution in [0.15, 0.2) is 6.07 Å². The van der Waals surface area contributed by atoms with Crippen LogP contribution in [-0.2, 0) is 4.74 Å². The number of anilines is 1. The van der Waals surface area contributed by atoms with E-state index in [4.69, 9.17) is 10.5 Å². The Hall–Kier alpha value is -1.56. The number of nitrogens with two attached hydrogens (primary N) is 1. The first-order valence-corrected chi connectivity index (χ1v) is 4.92. The van der Waals surface area contributed by atoms with Crippen molar-refractivity contribution >= 4 is 11.7 Å². The summed E-state index contributed by atoms with van der Waals surface area (Å²) in [5.41, 5.74) is 5.79. The lowest BCUT2D eigenvalue weighted by Crippen LogP contribution is -2.29. The second-order valence-electron chi connectivity index (χ2n) is 3.65. The van der Waals surface area contributed by atoms with E-state index in [1.807, 2.05) is 0 Å². The maximum Gasteiger partial charge on any atom is 0.269 e. The van der Waals surface area contributed by atoms with Crippen LogP contribution < -0.4 is 11.1 Å². The van der Waals surface area contributed by atoms with E-state index >= 15 is 0 Å². The van der Waals surface area contributed by atoms with Gasteiger partial charge in [-0.05, 0) is 6.42 Å². The van der Waals surface area contributed by atoms with Crippen LogP contribution in [0.4, 0.5) is 5.82 Å². The Bertz CT molecular complexity index is 344. The van der Waals surface area contributed by atoms with E-state index in [9.17, 15) is 4.79 Å². The normalized spacial score (nSPS) is 20.4. The molecule has 0 aliphatic carbocycles. The summed E-state index contributed by atoms with van der Waals surface area (Å²) in [6.45, 7) is 2.15. The molecule has 0 unspecified atom stereocenters. The molecule has 0 bridgehead atoms. The number of carbonyl (C=O) groups is 1. The van der Waals surface area contributed by atoms with Gasteiger partial charge in [0.25, 0.3) is 5.91 Å². The van der Waals surface area contributed by atoms with Crippen molar-refractivity contribution < 1.29 is 9.53 Å². The average Bonchev–Trinajstić information content (AvgIpc) is 2.84. The largest absolute Gasteiger partial charge is 0.382 e. The Kier molecular flexibility index (Phi) is 2.86. The molecule has 82 valence electrons. The second-order valence-corrected chi connectivity index (χ2v) is 3.65. The van der Waals surface area contributed by atoms with Gasteiger partial charge in [0, 0.05) is 25.1 Å². The van der Waals surface area contributed by atoms with Gasteiger partial charge in [-0.3, -0.25) is 9.89 Å². The van der Waals surface area contributed by atoms with Crippen molar-refractivity contribution in [1.82, 2.24) is 15.5 Å². The van der Waals surface area contributed by atoms with Gasteiger partial charge in [-0.1, -0.05) is 0 Å². The van der Waals surface area contributed by atoms with Crippen LogP contribution in [0.1, 0.15) is 16.9 Å². The Balaban J connectivity index is 1.81. The summed E-state index contributed by atoms with van der Waals surface area (Å²) in [7, 11) is 0. The Labute approximate surface area is 87.2 Å². The highest BCUT2D eigenvalue weighted by molar-refractivity contribution is 5.92. The van der Waals surface area contributed by atoms with Gasteiger partial charge >= 0.3 is 0 Å². The summed E-state index contributed by atoms with van der Waals surface area (Å²) < 4.78 is 5.21. The summed E-state index contributed by atoms with van der Waals surface area (Å²) in [5.74, 6) is 0.574. The number of carbonyl (C=O) groups excluding carboxylic acids is 1. The first-order chi connectivity index (χ1) is 7.25. The van der Waals surface area contributed by atoms with E-state index in [1.165, 1.54) is 6.07 Å². The molecule has 6 heteroatoms. The fourth-order valence-corrected chi connectivity index (χ4v) is 1.53. The molecule has 1 aromatic heterocycles. The number of aromatic nitrogens is 2. The van der Waals surface area contributed by atoms with E-state index in [1.54, 1.807) is 0 Å². The van der Waals surface area contributed by atoms with Crippen molar-refractivity contribution in [2.75, 3.05) is 25.5 Å². The van der Waals surface area contributed by atoms with Crippen LogP contribution in [0.2, 0.25) is 0 Å². The van der Waals surface area contributed by atoms with Gasteiger partial charge in [-0.2, -0.15) is 5.10 Å². The van der Waals surface area contributed by atoms with Crippen molar-refractivity contribution in [3.8, 4) is 0 Å². The number of aromatic amines is 1. The predicted molar refractivity (Wildman–Crippen MR) is 54.3 cm³/mol. The molecule has 1 aromatic rings. The van der Waals surface area contributed by atoms with E-state index in [0.717, 1.165) is 19.6 Å². The number of amides is 1. The zero-order valence-electron chi connectivity index (χ0n) is 8.32. The predicted octanol–water partition coefficient (Wildman–Crippen LogP) is -0.242. The molecule has 2 heterocycles. The average molecular weight is 210 g/mol. The third-order valence-electron chi connectivity index (χ3n) is 2.42. The summed E-state index contributed by atoms with van der Waals surface area (Å²) in [6.07, 6.45) is 1.01. The summed E-state index contributed by atoms with van der Waals surface area (Å²) >= 11 is 0. The van der Waals surface area contributed by atoms with Gasteiger partial charge in [0.15, 0.2) is 0 Å². The topological polar surface area (TPSA) is 93.0 Å². The highest BCUT2D eigenvalue weighted by atomic mass is 16.5. The zero-order chi connectivity index (χ0) is 10.7. The molecule has 15 heavy (non-hydrogen) atoms. The lowest BCUT2D eigenvalue weighted by atomic mass is 10.1. The number of nitrogen functional groups attached to an aromatic ring is 1. The molecule has 6 nitrogen and oxygen atoms in total. The standard InChI is InChI=1S/C9H14N4O2/c10-8-3-7(12-13-8)9(14)11-4-6-1-2-15-5-6/h3,6H,1-2,4-5H2,(H,11,14)(H3,10,12,13)/t6-/m0/s1. The molecule has 1 saturated heterocycles. The molecule has 0 radical (unpaired) electrons. The molecule has 1 aliphatic heterocycles. The van der Waals surface area contributed by atoms with E-state index in [0.29, 0.717) is 24.0 Å². The maximum atomic E-state index is 11.5. The van der Waals surface area contributed by atoms with E-state index in [2.05, 4.69) is 15.5 Å². The molecular weight excluding hydrogens is 196 g/mol. The van der Waals surface area contributed by atoms with Crippen molar-refractivity contribution in [3.05, 3.63) is 11.8 Å². The minimum absolute atomic E-state index is 0.175. The van der Waals surface area contributed by atoms with Gasteiger partial charge in [0.05, 0.1) is 6.61 Å². The molecule has 1 atom stereocenters. The van der Waals surface area contributed by atoms with E-state index < -0.39 is 0 Å². The third kappa shape index (κ3) is 2.47. The lowest BCUT2D eigenvalue weighted by molar-refractivity contribution is 0.0940. The molecule has 0 aromatic carbocycles. The minimum atomic E-state index is -0.175.